The number of likely N-dealkylation sites (N-methyl/N-ethyl adjacent to an activating group) is 1. The lowest BCUT2D eigenvalue weighted by atomic mass is 10.1. The van der Waals surface area contributed by atoms with Crippen molar-refractivity contribution in [2.45, 2.75) is 37.9 Å². The summed E-state index contributed by atoms with van der Waals surface area (Å²) in [5.41, 5.74) is 2.58. The Labute approximate surface area is 192 Å². The topological polar surface area (TPSA) is 73.0 Å². The third kappa shape index (κ3) is 6.16. The molecule has 1 amide bonds. The van der Waals surface area contributed by atoms with E-state index in [1.165, 1.54) is 22.0 Å². The fourth-order valence-electron chi connectivity index (χ4n) is 3.63. The SMILES string of the molecule is CC(C)N(C)S(=O)(=O)c1cccc(C(=O)NCc2cccc(CN3CCN(C)CC3)c2)c1. The van der Waals surface area contributed by atoms with E-state index in [0.717, 1.165) is 38.3 Å². The molecule has 0 unspecified atom stereocenters. The maximum Gasteiger partial charge on any atom is 0.251 e. The zero-order valence-electron chi connectivity index (χ0n) is 19.4. The normalized spacial score (nSPS) is 15.9. The van der Waals surface area contributed by atoms with Gasteiger partial charge >= 0.3 is 0 Å². The second-order valence-electron chi connectivity index (χ2n) is 8.72. The van der Waals surface area contributed by atoms with Crippen molar-refractivity contribution in [3.05, 3.63) is 65.2 Å². The molecular formula is C24H34N4O3S. The van der Waals surface area contributed by atoms with Gasteiger partial charge in [-0.3, -0.25) is 9.69 Å². The third-order valence-electron chi connectivity index (χ3n) is 5.95. The van der Waals surface area contributed by atoms with Gasteiger partial charge in [-0.25, -0.2) is 8.42 Å². The van der Waals surface area contributed by atoms with Crippen LogP contribution >= 0.6 is 0 Å². The van der Waals surface area contributed by atoms with E-state index in [-0.39, 0.29) is 16.8 Å². The van der Waals surface area contributed by atoms with Crippen LogP contribution in [0, 0.1) is 0 Å². The summed E-state index contributed by atoms with van der Waals surface area (Å²) >= 11 is 0. The Kier molecular flexibility index (Phi) is 8.05. The van der Waals surface area contributed by atoms with Gasteiger partial charge in [0.1, 0.15) is 0 Å². The molecule has 3 rings (SSSR count). The minimum absolute atomic E-state index is 0.121. The first-order valence-corrected chi connectivity index (χ1v) is 12.5. The van der Waals surface area contributed by atoms with Crippen LogP contribution in [0.2, 0.25) is 0 Å². The second-order valence-corrected chi connectivity index (χ2v) is 10.7. The molecule has 2 aromatic rings. The number of nitrogens with zero attached hydrogens (tertiary/aromatic N) is 3. The van der Waals surface area contributed by atoms with E-state index < -0.39 is 10.0 Å². The molecule has 1 heterocycles. The zero-order valence-corrected chi connectivity index (χ0v) is 20.2. The van der Waals surface area contributed by atoms with Gasteiger partial charge in [0.25, 0.3) is 5.91 Å². The summed E-state index contributed by atoms with van der Waals surface area (Å²) in [4.78, 5) is 17.6. The highest BCUT2D eigenvalue weighted by Crippen LogP contribution is 2.18. The van der Waals surface area contributed by atoms with Crippen LogP contribution in [-0.4, -0.2) is 74.7 Å². The van der Waals surface area contributed by atoms with Crippen molar-refractivity contribution in [2.75, 3.05) is 40.3 Å². The van der Waals surface area contributed by atoms with E-state index in [2.05, 4.69) is 34.3 Å². The fourth-order valence-corrected chi connectivity index (χ4v) is 5.04. The van der Waals surface area contributed by atoms with Crippen LogP contribution in [0.25, 0.3) is 0 Å². The number of sulfonamides is 1. The summed E-state index contributed by atoms with van der Waals surface area (Å²) in [5, 5.41) is 2.91. The fraction of sp³-hybridized carbons (Fsp3) is 0.458. The van der Waals surface area contributed by atoms with Crippen LogP contribution in [0.15, 0.2) is 53.4 Å². The highest BCUT2D eigenvalue weighted by atomic mass is 32.2. The highest BCUT2D eigenvalue weighted by molar-refractivity contribution is 7.89. The van der Waals surface area contributed by atoms with Gasteiger partial charge < -0.3 is 10.2 Å². The summed E-state index contributed by atoms with van der Waals surface area (Å²) in [5.74, 6) is -0.293. The molecule has 0 aromatic heterocycles. The molecule has 8 heteroatoms. The van der Waals surface area contributed by atoms with Crippen molar-refractivity contribution >= 4 is 15.9 Å². The third-order valence-corrected chi connectivity index (χ3v) is 7.98. The van der Waals surface area contributed by atoms with Crippen molar-refractivity contribution < 1.29 is 13.2 Å². The van der Waals surface area contributed by atoms with Gasteiger partial charge in [0.05, 0.1) is 4.90 Å². The minimum Gasteiger partial charge on any atom is -0.348 e. The van der Waals surface area contributed by atoms with E-state index in [4.69, 9.17) is 0 Å². The molecule has 7 nitrogen and oxygen atoms in total. The average molecular weight is 459 g/mol. The van der Waals surface area contributed by atoms with Gasteiger partial charge in [-0.2, -0.15) is 4.31 Å². The Hall–Kier alpha value is -2.26. The monoisotopic (exact) mass is 458 g/mol. The number of rotatable bonds is 8. The maximum atomic E-state index is 12.7. The predicted molar refractivity (Wildman–Crippen MR) is 127 cm³/mol. The Morgan fingerprint density at radius 2 is 1.69 bits per heavy atom. The lowest BCUT2D eigenvalue weighted by Crippen LogP contribution is -2.43. The number of piperazine rings is 1. The van der Waals surface area contributed by atoms with E-state index >= 15 is 0 Å². The van der Waals surface area contributed by atoms with Gasteiger partial charge in [-0.1, -0.05) is 30.3 Å². The zero-order chi connectivity index (χ0) is 23.3. The first-order valence-electron chi connectivity index (χ1n) is 11.0. The first-order chi connectivity index (χ1) is 15.2. The summed E-state index contributed by atoms with van der Waals surface area (Å²) in [6.07, 6.45) is 0. The molecule has 0 spiro atoms. The molecule has 1 saturated heterocycles. The van der Waals surface area contributed by atoms with Gasteiger partial charge in [0.15, 0.2) is 0 Å². The lowest BCUT2D eigenvalue weighted by Gasteiger charge is -2.32. The van der Waals surface area contributed by atoms with E-state index in [9.17, 15) is 13.2 Å². The summed E-state index contributed by atoms with van der Waals surface area (Å²) in [7, 11) is 0.0517. The number of carbonyl (C=O) groups is 1. The number of hydrogen-bond acceptors (Lipinski definition) is 5. The smallest absolute Gasteiger partial charge is 0.251 e. The van der Waals surface area contributed by atoms with Crippen molar-refractivity contribution in [3.8, 4) is 0 Å². The number of nitrogens with one attached hydrogen (secondary N) is 1. The molecule has 0 bridgehead atoms. The molecule has 1 aliphatic heterocycles. The van der Waals surface area contributed by atoms with E-state index in [1.54, 1.807) is 19.2 Å². The minimum atomic E-state index is -3.64. The van der Waals surface area contributed by atoms with Crippen LogP contribution in [0.5, 0.6) is 0 Å². The molecule has 2 aromatic carbocycles. The van der Waals surface area contributed by atoms with Crippen LogP contribution < -0.4 is 5.32 Å². The molecule has 1 fully saturated rings. The van der Waals surface area contributed by atoms with E-state index in [1.807, 2.05) is 26.0 Å². The van der Waals surface area contributed by atoms with Gasteiger partial charge in [0.2, 0.25) is 10.0 Å². The van der Waals surface area contributed by atoms with Crippen LogP contribution in [0.4, 0.5) is 0 Å². The van der Waals surface area contributed by atoms with E-state index in [0.29, 0.717) is 12.1 Å². The van der Waals surface area contributed by atoms with Gasteiger partial charge in [-0.15, -0.1) is 0 Å². The summed E-state index contributed by atoms with van der Waals surface area (Å²) in [6, 6.07) is 14.3. The maximum absolute atomic E-state index is 12.7. The van der Waals surface area contributed by atoms with Crippen molar-refractivity contribution in [2.24, 2.45) is 0 Å². The molecule has 0 atom stereocenters. The molecule has 0 radical (unpaired) electrons. The molecule has 0 saturated carbocycles. The van der Waals surface area contributed by atoms with Gasteiger partial charge in [0, 0.05) is 57.9 Å². The van der Waals surface area contributed by atoms with Crippen LogP contribution in [-0.2, 0) is 23.1 Å². The van der Waals surface area contributed by atoms with Crippen molar-refractivity contribution in [1.29, 1.82) is 0 Å². The highest BCUT2D eigenvalue weighted by Gasteiger charge is 2.24. The number of benzene rings is 2. The van der Waals surface area contributed by atoms with Crippen molar-refractivity contribution in [1.82, 2.24) is 19.4 Å². The lowest BCUT2D eigenvalue weighted by molar-refractivity contribution is 0.0950. The van der Waals surface area contributed by atoms with Crippen molar-refractivity contribution in [3.63, 3.8) is 0 Å². The Bertz CT molecular complexity index is 1030. The average Bonchev–Trinajstić information content (AvgIpc) is 2.78. The standard InChI is InChI=1S/C24H34N4O3S/c1-19(2)27(4)32(30,31)23-10-6-9-22(16-23)24(29)25-17-20-7-5-8-21(15-20)18-28-13-11-26(3)12-14-28/h5-10,15-16,19H,11-14,17-18H2,1-4H3,(H,25,29). The first kappa shape index (κ1) is 24.4. The summed E-state index contributed by atoms with van der Waals surface area (Å²) < 4.78 is 26.8. The molecule has 32 heavy (non-hydrogen) atoms. The largest absolute Gasteiger partial charge is 0.348 e. The Balaban J connectivity index is 1.63. The molecule has 0 aliphatic carbocycles. The molecule has 1 N–H and O–H groups in total. The number of amides is 1. The van der Waals surface area contributed by atoms with Crippen LogP contribution in [0.1, 0.15) is 35.3 Å². The Morgan fingerprint density at radius 3 is 2.38 bits per heavy atom. The number of carbonyl (C=O) groups excluding carboxylic acids is 1. The second kappa shape index (κ2) is 10.6. The predicted octanol–water partition coefficient (Wildman–Crippen LogP) is 2.39. The quantitative estimate of drug-likeness (QED) is 0.658. The Morgan fingerprint density at radius 1 is 1.03 bits per heavy atom. The molecule has 1 aliphatic rings. The molecular weight excluding hydrogens is 424 g/mol. The molecule has 174 valence electrons. The van der Waals surface area contributed by atoms with Gasteiger partial charge in [-0.05, 0) is 50.2 Å². The summed E-state index contributed by atoms with van der Waals surface area (Å²) in [6.45, 7) is 9.19. The van der Waals surface area contributed by atoms with Crippen LogP contribution in [0.3, 0.4) is 0 Å². The number of hydrogen-bond donors (Lipinski definition) is 1.